The molecule has 2 aromatic rings. The van der Waals surface area contributed by atoms with Crippen LogP contribution in [0.1, 0.15) is 36.3 Å². The van der Waals surface area contributed by atoms with E-state index in [9.17, 15) is 9.59 Å². The van der Waals surface area contributed by atoms with Crippen LogP contribution in [0.2, 0.25) is 0 Å². The zero-order valence-electron chi connectivity index (χ0n) is 13.3. The zero-order valence-corrected chi connectivity index (χ0v) is 14.1. The van der Waals surface area contributed by atoms with E-state index in [2.05, 4.69) is 15.3 Å². The Bertz CT molecular complexity index is 902. The molecule has 1 aromatic heterocycles. The topological polar surface area (TPSA) is 74.8 Å². The molecular weight excluding hydrogens is 322 g/mol. The molecule has 5 nitrogen and oxygen atoms in total. The summed E-state index contributed by atoms with van der Waals surface area (Å²) < 4.78 is 0. The molecule has 0 spiro atoms. The number of ketones is 1. The molecule has 0 fully saturated rings. The van der Waals surface area contributed by atoms with Crippen molar-refractivity contribution in [1.82, 2.24) is 9.97 Å². The highest BCUT2D eigenvalue weighted by molar-refractivity contribution is 7.98. The summed E-state index contributed by atoms with van der Waals surface area (Å²) in [5, 5.41) is 3.83. The first-order valence-electron chi connectivity index (χ1n) is 7.95. The molecule has 0 unspecified atom stereocenters. The Kier molecular flexibility index (Phi) is 3.76. The SMILES string of the molecule is CSc1nc2c(c(=O)[nH]1)[C@@H](c1ccccc1)C1=C(CCCC1=O)N2. The van der Waals surface area contributed by atoms with Crippen molar-refractivity contribution in [2.24, 2.45) is 0 Å². The maximum atomic E-state index is 12.7. The fraction of sp³-hybridized carbons (Fsp3) is 0.278. The average Bonchev–Trinajstić information content (AvgIpc) is 2.60. The number of H-pyrrole nitrogens is 1. The number of aromatic nitrogens is 2. The van der Waals surface area contributed by atoms with E-state index in [0.717, 1.165) is 29.7 Å². The van der Waals surface area contributed by atoms with Crippen LogP contribution in [0.5, 0.6) is 0 Å². The third-order valence-electron chi connectivity index (χ3n) is 4.56. The lowest BCUT2D eigenvalue weighted by atomic mass is 9.76. The molecule has 0 radical (unpaired) electrons. The maximum Gasteiger partial charge on any atom is 0.257 e. The summed E-state index contributed by atoms with van der Waals surface area (Å²) in [6, 6.07) is 9.73. The lowest BCUT2D eigenvalue weighted by Crippen LogP contribution is -2.32. The monoisotopic (exact) mass is 339 g/mol. The van der Waals surface area contributed by atoms with E-state index in [4.69, 9.17) is 0 Å². The number of fused-ring (bicyclic) bond motifs is 1. The first-order chi connectivity index (χ1) is 11.7. The van der Waals surface area contributed by atoms with E-state index in [-0.39, 0.29) is 17.3 Å². The number of thioether (sulfide) groups is 1. The molecule has 0 saturated heterocycles. The fourth-order valence-electron chi connectivity index (χ4n) is 3.52. The summed E-state index contributed by atoms with van der Waals surface area (Å²) in [4.78, 5) is 32.7. The van der Waals surface area contributed by atoms with Crippen molar-refractivity contribution in [2.45, 2.75) is 30.3 Å². The summed E-state index contributed by atoms with van der Waals surface area (Å²) >= 11 is 1.39. The van der Waals surface area contributed by atoms with Crippen molar-refractivity contribution in [3.05, 3.63) is 63.1 Å². The van der Waals surface area contributed by atoms with Crippen molar-refractivity contribution in [3.63, 3.8) is 0 Å². The number of benzene rings is 1. The van der Waals surface area contributed by atoms with Gasteiger partial charge in [-0.15, -0.1) is 0 Å². The highest BCUT2D eigenvalue weighted by atomic mass is 32.2. The van der Waals surface area contributed by atoms with Crippen LogP contribution in [0.3, 0.4) is 0 Å². The standard InChI is InChI=1S/C18H17N3O2S/c1-24-18-20-16-15(17(23)21-18)13(10-6-3-2-4-7-10)14-11(19-16)8-5-9-12(14)22/h2-4,6-7,13H,5,8-9H2,1H3,(H2,19,20,21,23)/t13-/m0/s1. The van der Waals surface area contributed by atoms with Crippen LogP contribution in [0.4, 0.5) is 5.82 Å². The molecule has 2 aliphatic rings. The number of nitrogens with zero attached hydrogens (tertiary/aromatic N) is 1. The van der Waals surface area contributed by atoms with Crippen molar-refractivity contribution < 1.29 is 4.79 Å². The Morgan fingerprint density at radius 3 is 2.71 bits per heavy atom. The van der Waals surface area contributed by atoms with E-state index in [1.807, 2.05) is 36.6 Å². The lowest BCUT2D eigenvalue weighted by Gasteiger charge is -2.32. The first-order valence-corrected chi connectivity index (χ1v) is 9.18. The number of hydrogen-bond donors (Lipinski definition) is 2. The molecule has 2 N–H and O–H groups in total. The number of allylic oxidation sites excluding steroid dienone is 2. The van der Waals surface area contributed by atoms with E-state index >= 15 is 0 Å². The Morgan fingerprint density at radius 2 is 1.96 bits per heavy atom. The van der Waals surface area contributed by atoms with Crippen LogP contribution in [0.15, 0.2) is 51.6 Å². The molecular formula is C18H17N3O2S. The van der Waals surface area contributed by atoms with Gasteiger partial charge in [0.25, 0.3) is 5.56 Å². The summed E-state index contributed by atoms with van der Waals surface area (Å²) in [6.45, 7) is 0. The van der Waals surface area contributed by atoms with Gasteiger partial charge in [-0.25, -0.2) is 4.98 Å². The second kappa shape index (κ2) is 5.94. The van der Waals surface area contributed by atoms with Crippen molar-refractivity contribution in [2.75, 3.05) is 11.6 Å². The predicted octanol–water partition coefficient (Wildman–Crippen LogP) is 3.06. The minimum Gasteiger partial charge on any atom is -0.343 e. The predicted molar refractivity (Wildman–Crippen MR) is 94.4 cm³/mol. The Morgan fingerprint density at radius 1 is 1.17 bits per heavy atom. The van der Waals surface area contributed by atoms with Gasteiger partial charge in [-0.3, -0.25) is 9.59 Å². The summed E-state index contributed by atoms with van der Waals surface area (Å²) in [5.41, 5.74) is 2.94. The Balaban J connectivity index is 1.99. The van der Waals surface area contributed by atoms with Crippen LogP contribution in [-0.2, 0) is 4.79 Å². The average molecular weight is 339 g/mol. The van der Waals surface area contributed by atoms with Gasteiger partial charge in [-0.1, -0.05) is 42.1 Å². The molecule has 0 amide bonds. The maximum absolute atomic E-state index is 12.7. The van der Waals surface area contributed by atoms with Gasteiger partial charge in [-0.2, -0.15) is 0 Å². The van der Waals surface area contributed by atoms with E-state index < -0.39 is 0 Å². The van der Waals surface area contributed by atoms with Gasteiger partial charge >= 0.3 is 0 Å². The molecule has 24 heavy (non-hydrogen) atoms. The summed E-state index contributed by atoms with van der Waals surface area (Å²) in [5.74, 6) is 0.347. The number of rotatable bonds is 2. The van der Waals surface area contributed by atoms with Gasteiger partial charge in [-0.05, 0) is 24.7 Å². The summed E-state index contributed by atoms with van der Waals surface area (Å²) in [6.07, 6.45) is 4.05. The minimum atomic E-state index is -0.350. The van der Waals surface area contributed by atoms with E-state index in [1.165, 1.54) is 11.8 Å². The van der Waals surface area contributed by atoms with Gasteiger partial charge in [0.2, 0.25) is 0 Å². The smallest absolute Gasteiger partial charge is 0.257 e. The molecule has 122 valence electrons. The van der Waals surface area contributed by atoms with Crippen LogP contribution >= 0.6 is 11.8 Å². The number of Topliss-reactive ketones (excluding diaryl/α,β-unsaturated/α-hetero) is 1. The van der Waals surface area contributed by atoms with Gasteiger partial charge < -0.3 is 10.3 Å². The van der Waals surface area contributed by atoms with Gasteiger partial charge in [0.15, 0.2) is 10.9 Å². The highest BCUT2D eigenvalue weighted by Crippen LogP contribution is 2.43. The van der Waals surface area contributed by atoms with Crippen LogP contribution in [-0.4, -0.2) is 22.0 Å². The van der Waals surface area contributed by atoms with Crippen LogP contribution < -0.4 is 10.9 Å². The Labute approximate surface area is 143 Å². The quantitative estimate of drug-likeness (QED) is 0.650. The number of hydrogen-bond acceptors (Lipinski definition) is 5. The van der Waals surface area contributed by atoms with E-state index in [0.29, 0.717) is 23.0 Å². The van der Waals surface area contributed by atoms with Gasteiger partial charge in [0.1, 0.15) is 5.82 Å². The zero-order chi connectivity index (χ0) is 16.7. The molecule has 1 atom stereocenters. The largest absolute Gasteiger partial charge is 0.343 e. The molecule has 2 heterocycles. The number of anilines is 1. The molecule has 4 rings (SSSR count). The van der Waals surface area contributed by atoms with Gasteiger partial charge in [0.05, 0.1) is 5.56 Å². The van der Waals surface area contributed by atoms with Crippen LogP contribution in [0.25, 0.3) is 0 Å². The lowest BCUT2D eigenvalue weighted by molar-refractivity contribution is -0.116. The van der Waals surface area contributed by atoms with Crippen molar-refractivity contribution >= 4 is 23.4 Å². The number of carbonyl (C=O) groups excluding carboxylic acids is 1. The summed E-state index contributed by atoms with van der Waals surface area (Å²) in [7, 11) is 0. The molecule has 1 aliphatic heterocycles. The normalized spacial score (nSPS) is 19.5. The Hall–Kier alpha value is -2.34. The third kappa shape index (κ3) is 2.38. The highest BCUT2D eigenvalue weighted by Gasteiger charge is 2.37. The second-order valence-electron chi connectivity index (χ2n) is 5.98. The number of nitrogens with one attached hydrogen (secondary N) is 2. The number of aromatic amines is 1. The molecule has 1 aliphatic carbocycles. The minimum absolute atomic E-state index is 0.122. The molecule has 1 aromatic carbocycles. The molecule has 0 saturated carbocycles. The fourth-order valence-corrected chi connectivity index (χ4v) is 3.89. The molecule has 0 bridgehead atoms. The molecule has 6 heteroatoms. The third-order valence-corrected chi connectivity index (χ3v) is 5.14. The van der Waals surface area contributed by atoms with Crippen LogP contribution in [0, 0.1) is 0 Å². The first kappa shape index (κ1) is 15.2. The van der Waals surface area contributed by atoms with Gasteiger partial charge in [0, 0.05) is 23.6 Å². The van der Waals surface area contributed by atoms with E-state index in [1.54, 1.807) is 0 Å². The second-order valence-corrected chi connectivity index (χ2v) is 6.77. The van der Waals surface area contributed by atoms with Crippen molar-refractivity contribution in [3.8, 4) is 0 Å². The number of carbonyl (C=O) groups is 1. The van der Waals surface area contributed by atoms with Crippen molar-refractivity contribution in [1.29, 1.82) is 0 Å².